The summed E-state index contributed by atoms with van der Waals surface area (Å²) in [5, 5.41) is 2.41. The second-order valence-corrected chi connectivity index (χ2v) is 3.80. The molecule has 0 aliphatic heterocycles. The van der Waals surface area contributed by atoms with Crippen LogP contribution in [0.1, 0.15) is 20.8 Å². The summed E-state index contributed by atoms with van der Waals surface area (Å²) < 4.78 is 4.69. The van der Waals surface area contributed by atoms with Gasteiger partial charge in [-0.05, 0) is 0 Å². The molecule has 0 rings (SSSR count). The highest BCUT2D eigenvalue weighted by Crippen LogP contribution is 2.22. The van der Waals surface area contributed by atoms with E-state index in [1.807, 2.05) is 0 Å². The number of hydrogen-bond acceptors (Lipinski definition) is 3. The van der Waals surface area contributed by atoms with Gasteiger partial charge in [-0.15, -0.1) is 0 Å². The third kappa shape index (κ3) is 3.78. The van der Waals surface area contributed by atoms with Crippen LogP contribution in [0.2, 0.25) is 0 Å². The molecule has 0 aliphatic carbocycles. The van der Waals surface area contributed by atoms with Gasteiger partial charge in [0.05, 0.1) is 0 Å². The number of rotatable bonds is 2. The molecule has 0 aliphatic rings. The number of likely N-dealkylation sites (N-methyl/N-ethyl adjacent to an activating group) is 1. The Kier molecular flexibility index (Phi) is 3.71. The zero-order valence-electron chi connectivity index (χ0n) is 8.38. The predicted molar refractivity (Wildman–Crippen MR) is 48.0 cm³/mol. The van der Waals surface area contributed by atoms with E-state index in [1.165, 1.54) is 7.05 Å². The Morgan fingerprint density at radius 3 is 2.08 bits per heavy atom. The zero-order chi connectivity index (χ0) is 10.6. The second-order valence-electron chi connectivity index (χ2n) is 3.80. The van der Waals surface area contributed by atoms with Gasteiger partial charge >= 0.3 is 6.09 Å². The number of primary amides is 1. The molecule has 5 nitrogen and oxygen atoms in total. The van der Waals surface area contributed by atoms with E-state index in [-0.39, 0.29) is 5.91 Å². The lowest BCUT2D eigenvalue weighted by atomic mass is 9.88. The van der Waals surface area contributed by atoms with Gasteiger partial charge in [-0.3, -0.25) is 4.79 Å². The first-order valence-corrected chi connectivity index (χ1v) is 3.96. The zero-order valence-corrected chi connectivity index (χ0v) is 8.38. The van der Waals surface area contributed by atoms with Crippen molar-refractivity contribution in [3.63, 3.8) is 0 Å². The van der Waals surface area contributed by atoms with E-state index in [0.717, 1.165) is 0 Å². The SMILES string of the molecule is CNC(=O)[C@H](OC(N)=O)C(C)(C)C. The van der Waals surface area contributed by atoms with Gasteiger partial charge in [0.2, 0.25) is 0 Å². The normalized spacial score (nSPS) is 13.2. The van der Waals surface area contributed by atoms with Crippen molar-refractivity contribution in [3.05, 3.63) is 0 Å². The molecular weight excluding hydrogens is 172 g/mol. The Hall–Kier alpha value is -1.26. The lowest BCUT2D eigenvalue weighted by Gasteiger charge is -2.27. The minimum absolute atomic E-state index is 0.355. The summed E-state index contributed by atoms with van der Waals surface area (Å²) >= 11 is 0. The van der Waals surface area contributed by atoms with Crippen LogP contribution in [0.25, 0.3) is 0 Å². The summed E-state index contributed by atoms with van der Waals surface area (Å²) in [6.07, 6.45) is -1.79. The molecule has 0 saturated heterocycles. The van der Waals surface area contributed by atoms with Crippen LogP contribution in [-0.2, 0) is 9.53 Å². The molecular formula is C8H16N2O3. The van der Waals surface area contributed by atoms with Crippen LogP contribution in [0, 0.1) is 5.41 Å². The first-order valence-electron chi connectivity index (χ1n) is 3.96. The second kappa shape index (κ2) is 4.11. The lowest BCUT2D eigenvalue weighted by molar-refractivity contribution is -0.134. The molecule has 0 aromatic carbocycles. The molecule has 13 heavy (non-hydrogen) atoms. The minimum atomic E-state index is -0.941. The average molecular weight is 188 g/mol. The average Bonchev–Trinajstić information content (AvgIpc) is 1.96. The van der Waals surface area contributed by atoms with E-state index in [4.69, 9.17) is 10.5 Å². The molecule has 0 saturated carbocycles. The fourth-order valence-electron chi connectivity index (χ4n) is 0.871. The summed E-state index contributed by atoms with van der Waals surface area (Å²) in [5.74, 6) is -0.355. The highest BCUT2D eigenvalue weighted by atomic mass is 16.6. The summed E-state index contributed by atoms with van der Waals surface area (Å²) in [5.41, 5.74) is 4.38. The molecule has 0 radical (unpaired) electrons. The first-order chi connectivity index (χ1) is 5.79. The molecule has 0 aromatic heterocycles. The van der Waals surface area contributed by atoms with E-state index < -0.39 is 17.6 Å². The number of ether oxygens (including phenoxy) is 1. The van der Waals surface area contributed by atoms with Crippen molar-refractivity contribution in [2.24, 2.45) is 11.1 Å². The van der Waals surface area contributed by atoms with E-state index >= 15 is 0 Å². The van der Waals surface area contributed by atoms with E-state index in [9.17, 15) is 9.59 Å². The maximum Gasteiger partial charge on any atom is 0.405 e. The number of carbonyl (C=O) groups is 2. The Bertz CT molecular complexity index is 208. The van der Waals surface area contributed by atoms with Crippen molar-refractivity contribution in [2.75, 3.05) is 7.05 Å². The standard InChI is InChI=1S/C8H16N2O3/c1-8(2,3)5(6(11)10-4)13-7(9)12/h5H,1-4H3,(H2,9,12)(H,10,11)/t5-/m0/s1. The lowest BCUT2D eigenvalue weighted by Crippen LogP contribution is -2.45. The topological polar surface area (TPSA) is 81.4 Å². The Labute approximate surface area is 77.6 Å². The van der Waals surface area contributed by atoms with Crippen LogP contribution in [0.5, 0.6) is 0 Å². The third-order valence-electron chi connectivity index (χ3n) is 1.51. The maximum absolute atomic E-state index is 11.3. The molecule has 0 aromatic rings. The van der Waals surface area contributed by atoms with Crippen LogP contribution in [0.4, 0.5) is 4.79 Å². The van der Waals surface area contributed by atoms with Crippen molar-refractivity contribution in [1.82, 2.24) is 5.32 Å². The molecule has 0 unspecified atom stereocenters. The van der Waals surface area contributed by atoms with Gasteiger partial charge in [0.25, 0.3) is 5.91 Å². The van der Waals surface area contributed by atoms with Crippen LogP contribution in [0.3, 0.4) is 0 Å². The number of nitrogens with one attached hydrogen (secondary N) is 1. The van der Waals surface area contributed by atoms with E-state index in [1.54, 1.807) is 20.8 Å². The van der Waals surface area contributed by atoms with Gasteiger partial charge in [0.15, 0.2) is 6.10 Å². The number of amides is 2. The number of hydrogen-bond donors (Lipinski definition) is 2. The van der Waals surface area contributed by atoms with Crippen molar-refractivity contribution in [1.29, 1.82) is 0 Å². The van der Waals surface area contributed by atoms with Crippen LogP contribution >= 0.6 is 0 Å². The highest BCUT2D eigenvalue weighted by Gasteiger charge is 2.33. The molecule has 2 amide bonds. The quantitative estimate of drug-likeness (QED) is 0.651. The fraction of sp³-hybridized carbons (Fsp3) is 0.750. The van der Waals surface area contributed by atoms with Crippen molar-refractivity contribution >= 4 is 12.0 Å². The minimum Gasteiger partial charge on any atom is -0.436 e. The predicted octanol–water partition coefficient (Wildman–Crippen LogP) is 0.242. The molecule has 0 bridgehead atoms. The largest absolute Gasteiger partial charge is 0.436 e. The van der Waals surface area contributed by atoms with Crippen LogP contribution < -0.4 is 11.1 Å². The molecule has 5 heteroatoms. The summed E-state index contributed by atoms with van der Waals surface area (Å²) in [4.78, 5) is 21.7. The van der Waals surface area contributed by atoms with Crippen molar-refractivity contribution in [2.45, 2.75) is 26.9 Å². The van der Waals surface area contributed by atoms with Gasteiger partial charge in [0.1, 0.15) is 0 Å². The molecule has 1 atom stereocenters. The monoisotopic (exact) mass is 188 g/mol. The van der Waals surface area contributed by atoms with Gasteiger partial charge in [-0.2, -0.15) is 0 Å². The summed E-state index contributed by atoms with van der Waals surface area (Å²) in [6, 6.07) is 0. The molecule has 3 N–H and O–H groups in total. The van der Waals surface area contributed by atoms with E-state index in [0.29, 0.717) is 0 Å². The molecule has 0 fully saturated rings. The third-order valence-corrected chi connectivity index (χ3v) is 1.51. The summed E-state index contributed by atoms with van der Waals surface area (Å²) in [6.45, 7) is 5.36. The van der Waals surface area contributed by atoms with Crippen LogP contribution in [0.15, 0.2) is 0 Å². The first kappa shape index (κ1) is 11.7. The van der Waals surface area contributed by atoms with Crippen molar-refractivity contribution in [3.8, 4) is 0 Å². The Balaban J connectivity index is 4.56. The number of carbonyl (C=O) groups excluding carboxylic acids is 2. The number of nitrogens with two attached hydrogens (primary N) is 1. The van der Waals surface area contributed by atoms with Gasteiger partial charge in [-0.1, -0.05) is 20.8 Å². The summed E-state index contributed by atoms with van der Waals surface area (Å²) in [7, 11) is 1.48. The molecule has 76 valence electrons. The van der Waals surface area contributed by atoms with Gasteiger partial charge < -0.3 is 15.8 Å². The highest BCUT2D eigenvalue weighted by molar-refractivity contribution is 5.83. The molecule has 0 spiro atoms. The van der Waals surface area contributed by atoms with Crippen molar-refractivity contribution < 1.29 is 14.3 Å². The maximum atomic E-state index is 11.3. The Morgan fingerprint density at radius 2 is 1.85 bits per heavy atom. The fourth-order valence-corrected chi connectivity index (χ4v) is 0.871. The van der Waals surface area contributed by atoms with Gasteiger partial charge in [-0.25, -0.2) is 4.79 Å². The van der Waals surface area contributed by atoms with Gasteiger partial charge in [0, 0.05) is 12.5 Å². The van der Waals surface area contributed by atoms with Crippen LogP contribution in [-0.4, -0.2) is 25.2 Å². The smallest absolute Gasteiger partial charge is 0.405 e. The van der Waals surface area contributed by atoms with E-state index in [2.05, 4.69) is 5.32 Å². The molecule has 0 heterocycles. The Morgan fingerprint density at radius 1 is 1.38 bits per heavy atom.